The van der Waals surface area contributed by atoms with Crippen molar-refractivity contribution in [2.45, 2.75) is 45.4 Å². The summed E-state index contributed by atoms with van der Waals surface area (Å²) in [5.41, 5.74) is 0.852. The third-order valence-electron chi connectivity index (χ3n) is 4.90. The zero-order valence-electron chi connectivity index (χ0n) is 17.6. The number of hydrogen-bond acceptors (Lipinski definition) is 6. The number of benzene rings is 2. The largest absolute Gasteiger partial charge is 0.494 e. The zero-order valence-corrected chi connectivity index (χ0v) is 17.6. The van der Waals surface area contributed by atoms with Crippen LogP contribution in [0.4, 0.5) is 5.69 Å². The molecule has 0 fully saturated rings. The Morgan fingerprint density at radius 3 is 2.48 bits per heavy atom. The minimum absolute atomic E-state index is 0.0672. The molecule has 31 heavy (non-hydrogen) atoms. The van der Waals surface area contributed by atoms with E-state index in [4.69, 9.17) is 9.47 Å². The van der Waals surface area contributed by atoms with E-state index in [1.165, 1.54) is 44.2 Å². The number of cyclic esters (lactones) is 1. The van der Waals surface area contributed by atoms with Gasteiger partial charge in [0.05, 0.1) is 11.5 Å². The number of para-hydroxylation sites is 1. The molecule has 2 aromatic carbocycles. The number of hydrogen-bond donors (Lipinski definition) is 0. The Morgan fingerprint density at radius 2 is 1.74 bits per heavy atom. The molecular formula is C24H26N2O5. The van der Waals surface area contributed by atoms with Crippen LogP contribution in [-0.4, -0.2) is 23.4 Å². The van der Waals surface area contributed by atoms with Gasteiger partial charge in [0, 0.05) is 6.07 Å². The molecule has 162 valence electrons. The highest BCUT2D eigenvalue weighted by atomic mass is 16.6. The van der Waals surface area contributed by atoms with Crippen molar-refractivity contribution in [1.29, 1.82) is 0 Å². The van der Waals surface area contributed by atoms with E-state index in [2.05, 4.69) is 11.9 Å². The van der Waals surface area contributed by atoms with E-state index >= 15 is 0 Å². The average molecular weight is 422 g/mol. The molecule has 0 unspecified atom stereocenters. The van der Waals surface area contributed by atoms with E-state index in [1.54, 1.807) is 18.2 Å². The molecule has 0 saturated heterocycles. The van der Waals surface area contributed by atoms with Crippen molar-refractivity contribution in [2.75, 3.05) is 6.61 Å². The Labute approximate surface area is 181 Å². The number of nitro groups is 1. The molecule has 0 aliphatic carbocycles. The second kappa shape index (κ2) is 11.1. The van der Waals surface area contributed by atoms with Crippen molar-refractivity contribution in [3.05, 3.63) is 75.5 Å². The van der Waals surface area contributed by atoms with Crippen LogP contribution >= 0.6 is 0 Å². The smallest absolute Gasteiger partial charge is 0.363 e. The fraction of sp³-hybridized carbons (Fsp3) is 0.333. The second-order valence-corrected chi connectivity index (χ2v) is 7.30. The van der Waals surface area contributed by atoms with Crippen molar-refractivity contribution < 1.29 is 19.2 Å². The Hall–Kier alpha value is -3.48. The Kier molecular flexibility index (Phi) is 7.92. The van der Waals surface area contributed by atoms with Gasteiger partial charge in [-0.3, -0.25) is 10.1 Å². The van der Waals surface area contributed by atoms with E-state index in [9.17, 15) is 14.9 Å². The Bertz CT molecular complexity index is 980. The van der Waals surface area contributed by atoms with Crippen molar-refractivity contribution in [2.24, 2.45) is 4.99 Å². The van der Waals surface area contributed by atoms with Crippen LogP contribution in [0.25, 0.3) is 6.08 Å². The van der Waals surface area contributed by atoms with Crippen LogP contribution in [0.5, 0.6) is 5.75 Å². The summed E-state index contributed by atoms with van der Waals surface area (Å²) in [6.45, 7) is 2.89. The number of carbonyl (C=O) groups excluding carboxylic acids is 1. The monoisotopic (exact) mass is 422 g/mol. The quantitative estimate of drug-likeness (QED) is 0.153. The lowest BCUT2D eigenvalue weighted by atomic mass is 10.1. The fourth-order valence-corrected chi connectivity index (χ4v) is 3.23. The number of nitrogens with zero attached hydrogens (tertiary/aromatic N) is 2. The van der Waals surface area contributed by atoms with Crippen molar-refractivity contribution in [3.8, 4) is 5.75 Å². The molecular weight excluding hydrogens is 396 g/mol. The summed E-state index contributed by atoms with van der Waals surface area (Å²) >= 11 is 0. The van der Waals surface area contributed by atoms with Gasteiger partial charge < -0.3 is 9.47 Å². The zero-order chi connectivity index (χ0) is 22.1. The average Bonchev–Trinajstić information content (AvgIpc) is 3.14. The highest BCUT2D eigenvalue weighted by molar-refractivity contribution is 6.14. The van der Waals surface area contributed by atoms with Crippen molar-refractivity contribution in [3.63, 3.8) is 0 Å². The summed E-state index contributed by atoms with van der Waals surface area (Å²) in [6, 6.07) is 13.4. The molecule has 0 aromatic heterocycles. The SMILES string of the molecule is CCCCCCCCOc1ccc(C=C2N=C(c3ccccc3[N+](=O)[O-])OC2=O)cc1. The highest BCUT2D eigenvalue weighted by Crippen LogP contribution is 2.25. The molecule has 0 N–H and O–H groups in total. The molecule has 2 aromatic rings. The van der Waals surface area contributed by atoms with Crippen LogP contribution in [0.1, 0.15) is 56.6 Å². The minimum atomic E-state index is -0.642. The number of carbonyl (C=O) groups is 1. The first-order valence-electron chi connectivity index (χ1n) is 10.6. The number of ether oxygens (including phenoxy) is 2. The van der Waals surface area contributed by atoms with E-state index in [0.717, 1.165) is 17.7 Å². The summed E-state index contributed by atoms with van der Waals surface area (Å²) in [4.78, 5) is 27.0. The predicted octanol–water partition coefficient (Wildman–Crippen LogP) is 5.68. The maximum atomic E-state index is 12.2. The van der Waals surface area contributed by atoms with Crippen LogP contribution in [0.15, 0.2) is 59.2 Å². The molecule has 1 aliphatic heterocycles. The van der Waals surface area contributed by atoms with Gasteiger partial charge in [0.25, 0.3) is 5.69 Å². The predicted molar refractivity (Wildman–Crippen MR) is 119 cm³/mol. The topological polar surface area (TPSA) is 91.0 Å². The Balaban J connectivity index is 1.60. The second-order valence-electron chi connectivity index (χ2n) is 7.30. The first-order chi connectivity index (χ1) is 15.1. The van der Waals surface area contributed by atoms with Gasteiger partial charge in [0.2, 0.25) is 5.90 Å². The lowest BCUT2D eigenvalue weighted by molar-refractivity contribution is -0.385. The maximum Gasteiger partial charge on any atom is 0.363 e. The third-order valence-corrected chi connectivity index (χ3v) is 4.90. The van der Waals surface area contributed by atoms with Gasteiger partial charge in [-0.25, -0.2) is 9.79 Å². The fourth-order valence-electron chi connectivity index (χ4n) is 3.23. The minimum Gasteiger partial charge on any atom is -0.494 e. The maximum absolute atomic E-state index is 12.2. The molecule has 7 heteroatoms. The van der Waals surface area contributed by atoms with Gasteiger partial charge in [-0.1, -0.05) is 63.3 Å². The van der Waals surface area contributed by atoms with Gasteiger partial charge >= 0.3 is 5.97 Å². The summed E-state index contributed by atoms with van der Waals surface area (Å²) in [6.07, 6.45) is 8.85. The molecule has 0 spiro atoms. The summed E-state index contributed by atoms with van der Waals surface area (Å²) in [5.74, 6) is 0.0628. The van der Waals surface area contributed by atoms with Gasteiger partial charge in [-0.2, -0.15) is 0 Å². The van der Waals surface area contributed by atoms with Gasteiger partial charge in [0.15, 0.2) is 5.70 Å². The molecule has 0 amide bonds. The number of aliphatic imine (C=N–C) groups is 1. The molecule has 0 atom stereocenters. The van der Waals surface area contributed by atoms with E-state index in [1.807, 2.05) is 24.3 Å². The number of nitro benzene ring substituents is 1. The van der Waals surface area contributed by atoms with Crippen LogP contribution in [0.3, 0.4) is 0 Å². The molecule has 0 bridgehead atoms. The lowest BCUT2D eigenvalue weighted by Gasteiger charge is -2.06. The lowest BCUT2D eigenvalue weighted by Crippen LogP contribution is -2.07. The molecule has 3 rings (SSSR count). The third kappa shape index (κ3) is 6.25. The van der Waals surface area contributed by atoms with Crippen molar-refractivity contribution >= 4 is 23.6 Å². The van der Waals surface area contributed by atoms with E-state index in [0.29, 0.717) is 6.61 Å². The highest BCUT2D eigenvalue weighted by Gasteiger charge is 2.28. The van der Waals surface area contributed by atoms with Crippen LogP contribution in [-0.2, 0) is 9.53 Å². The summed E-state index contributed by atoms with van der Waals surface area (Å²) in [5, 5.41) is 11.2. The van der Waals surface area contributed by atoms with Gasteiger partial charge in [-0.05, 0) is 36.3 Å². The molecule has 1 heterocycles. The molecule has 7 nitrogen and oxygen atoms in total. The first kappa shape index (κ1) is 22.2. The summed E-state index contributed by atoms with van der Waals surface area (Å²) < 4.78 is 10.9. The van der Waals surface area contributed by atoms with Crippen LogP contribution in [0.2, 0.25) is 0 Å². The number of esters is 1. The van der Waals surface area contributed by atoms with Gasteiger partial charge in [-0.15, -0.1) is 0 Å². The standard InChI is InChI=1S/C24H26N2O5/c1-2-3-4-5-6-9-16-30-19-14-12-18(13-15-19)17-21-24(27)31-23(25-21)20-10-7-8-11-22(20)26(28)29/h7-8,10-15,17H,2-6,9,16H2,1H3. The van der Waals surface area contributed by atoms with Crippen LogP contribution < -0.4 is 4.74 Å². The number of rotatable bonds is 11. The van der Waals surface area contributed by atoms with E-state index in [-0.39, 0.29) is 22.8 Å². The van der Waals surface area contributed by atoms with Crippen LogP contribution in [0, 0.1) is 10.1 Å². The Morgan fingerprint density at radius 1 is 1.03 bits per heavy atom. The van der Waals surface area contributed by atoms with E-state index < -0.39 is 10.9 Å². The van der Waals surface area contributed by atoms with Gasteiger partial charge in [0.1, 0.15) is 11.3 Å². The first-order valence-corrected chi connectivity index (χ1v) is 10.6. The van der Waals surface area contributed by atoms with Crippen molar-refractivity contribution in [1.82, 2.24) is 0 Å². The summed E-state index contributed by atoms with van der Waals surface area (Å²) in [7, 11) is 0. The molecule has 1 aliphatic rings. The number of unbranched alkanes of at least 4 members (excludes halogenated alkanes) is 5. The normalized spacial score (nSPS) is 14.4. The molecule has 0 radical (unpaired) electrons. The molecule has 0 saturated carbocycles.